The molecule has 1 saturated heterocycles. The molecule has 3 N–H and O–H groups in total. The lowest BCUT2D eigenvalue weighted by Gasteiger charge is -2.40. The molecule has 0 spiro atoms. The quantitative estimate of drug-likeness (QED) is 0.727. The van der Waals surface area contributed by atoms with Crippen molar-refractivity contribution in [1.82, 2.24) is 10.2 Å². The van der Waals surface area contributed by atoms with E-state index in [0.29, 0.717) is 11.6 Å². The molecule has 15 heavy (non-hydrogen) atoms. The van der Waals surface area contributed by atoms with Crippen LogP contribution >= 0.6 is 0 Å². The molecule has 2 aliphatic rings. The lowest BCUT2D eigenvalue weighted by atomic mass is 9.78. The summed E-state index contributed by atoms with van der Waals surface area (Å²) in [5.41, 5.74) is 6.35. The molecule has 0 radical (unpaired) electrons. The largest absolute Gasteiger partial charge is 0.328 e. The Labute approximate surface area is 93.4 Å². The lowest BCUT2D eigenvalue weighted by molar-refractivity contribution is 0.174. The van der Waals surface area contributed by atoms with E-state index in [1.807, 2.05) is 0 Å². The fourth-order valence-electron chi connectivity index (χ4n) is 2.58. The van der Waals surface area contributed by atoms with E-state index < -0.39 is 0 Å². The first-order valence-electron chi connectivity index (χ1n) is 6.41. The van der Waals surface area contributed by atoms with Crippen LogP contribution in [0, 0.1) is 0 Å². The number of piperidine rings is 1. The number of hydrogen-bond donors (Lipinski definition) is 2. The average molecular weight is 211 g/mol. The Morgan fingerprint density at radius 3 is 2.53 bits per heavy atom. The van der Waals surface area contributed by atoms with Crippen LogP contribution in [0.15, 0.2) is 0 Å². The number of hydrogen-bond acceptors (Lipinski definition) is 3. The maximum absolute atomic E-state index is 5.88. The van der Waals surface area contributed by atoms with E-state index in [0.717, 1.165) is 6.54 Å². The predicted molar refractivity (Wildman–Crippen MR) is 63.9 cm³/mol. The van der Waals surface area contributed by atoms with Gasteiger partial charge < -0.3 is 16.0 Å². The molecule has 1 aliphatic carbocycles. The molecule has 2 rings (SSSR count). The van der Waals surface area contributed by atoms with E-state index in [2.05, 4.69) is 17.1 Å². The maximum Gasteiger partial charge on any atom is 0.0153 e. The molecule has 0 amide bonds. The molecule has 0 aromatic rings. The van der Waals surface area contributed by atoms with E-state index in [1.165, 1.54) is 51.7 Å². The third-order valence-electron chi connectivity index (χ3n) is 4.07. The normalized spacial score (nSPS) is 27.6. The molecule has 1 heterocycles. The highest BCUT2D eigenvalue weighted by molar-refractivity contribution is 4.91. The Kier molecular flexibility index (Phi) is 3.65. The minimum atomic E-state index is 0.457. The average Bonchev–Trinajstić information content (AvgIpc) is 2.19. The van der Waals surface area contributed by atoms with Crippen molar-refractivity contribution < 1.29 is 0 Å². The van der Waals surface area contributed by atoms with Crippen molar-refractivity contribution in [2.24, 2.45) is 5.73 Å². The third-order valence-corrected chi connectivity index (χ3v) is 4.07. The van der Waals surface area contributed by atoms with Crippen LogP contribution in [0.1, 0.15) is 39.0 Å². The van der Waals surface area contributed by atoms with Gasteiger partial charge in [0.1, 0.15) is 0 Å². The molecular weight excluding hydrogens is 186 g/mol. The Morgan fingerprint density at radius 2 is 2.00 bits per heavy atom. The molecule has 1 saturated carbocycles. The summed E-state index contributed by atoms with van der Waals surface area (Å²) >= 11 is 0. The molecule has 88 valence electrons. The highest BCUT2D eigenvalue weighted by Gasteiger charge is 2.30. The van der Waals surface area contributed by atoms with Gasteiger partial charge in [0.15, 0.2) is 0 Å². The SMILES string of the molecule is CC1(NCCN2CCC(N)CC2)CCC1. The number of nitrogens with one attached hydrogen (secondary N) is 1. The topological polar surface area (TPSA) is 41.3 Å². The Bertz CT molecular complexity index is 193. The molecule has 0 unspecified atom stereocenters. The highest BCUT2D eigenvalue weighted by Crippen LogP contribution is 2.30. The van der Waals surface area contributed by atoms with Gasteiger partial charge in [-0.15, -0.1) is 0 Å². The van der Waals surface area contributed by atoms with Crippen LogP contribution in [-0.4, -0.2) is 42.7 Å². The highest BCUT2D eigenvalue weighted by atomic mass is 15.2. The summed E-state index contributed by atoms with van der Waals surface area (Å²) in [5, 5.41) is 3.68. The van der Waals surface area contributed by atoms with Crippen molar-refractivity contribution in [2.75, 3.05) is 26.2 Å². The van der Waals surface area contributed by atoms with E-state index >= 15 is 0 Å². The zero-order chi connectivity index (χ0) is 10.7. The van der Waals surface area contributed by atoms with Crippen molar-refractivity contribution >= 4 is 0 Å². The predicted octanol–water partition coefficient (Wildman–Crippen LogP) is 0.942. The molecule has 3 nitrogen and oxygen atoms in total. The van der Waals surface area contributed by atoms with Crippen LogP contribution in [0.3, 0.4) is 0 Å². The second kappa shape index (κ2) is 4.81. The van der Waals surface area contributed by atoms with Gasteiger partial charge in [0.2, 0.25) is 0 Å². The van der Waals surface area contributed by atoms with Gasteiger partial charge in [-0.1, -0.05) is 0 Å². The van der Waals surface area contributed by atoms with Crippen LogP contribution < -0.4 is 11.1 Å². The van der Waals surface area contributed by atoms with E-state index in [4.69, 9.17) is 5.73 Å². The molecule has 2 fully saturated rings. The van der Waals surface area contributed by atoms with Crippen molar-refractivity contribution in [3.05, 3.63) is 0 Å². The molecule has 0 aromatic carbocycles. The minimum Gasteiger partial charge on any atom is -0.328 e. The van der Waals surface area contributed by atoms with Gasteiger partial charge in [-0.25, -0.2) is 0 Å². The molecule has 3 heteroatoms. The Hall–Kier alpha value is -0.120. The second-order valence-electron chi connectivity index (χ2n) is 5.52. The van der Waals surface area contributed by atoms with E-state index in [-0.39, 0.29) is 0 Å². The summed E-state index contributed by atoms with van der Waals surface area (Å²) < 4.78 is 0. The van der Waals surface area contributed by atoms with Crippen molar-refractivity contribution in [2.45, 2.75) is 50.6 Å². The van der Waals surface area contributed by atoms with Gasteiger partial charge in [0, 0.05) is 24.7 Å². The van der Waals surface area contributed by atoms with Gasteiger partial charge in [0.05, 0.1) is 0 Å². The summed E-state index contributed by atoms with van der Waals surface area (Å²) in [6, 6.07) is 0.457. The number of nitrogens with two attached hydrogens (primary N) is 1. The zero-order valence-electron chi connectivity index (χ0n) is 9.97. The zero-order valence-corrected chi connectivity index (χ0v) is 9.97. The minimum absolute atomic E-state index is 0.457. The van der Waals surface area contributed by atoms with Crippen LogP contribution in [0.4, 0.5) is 0 Å². The monoisotopic (exact) mass is 211 g/mol. The summed E-state index contributed by atoms with van der Waals surface area (Å²) in [5.74, 6) is 0. The summed E-state index contributed by atoms with van der Waals surface area (Å²) in [6.45, 7) is 7.08. The fraction of sp³-hybridized carbons (Fsp3) is 1.00. The number of likely N-dealkylation sites (tertiary alicyclic amines) is 1. The first kappa shape index (κ1) is 11.4. The van der Waals surface area contributed by atoms with Gasteiger partial charge >= 0.3 is 0 Å². The Balaban J connectivity index is 1.57. The fourth-order valence-corrected chi connectivity index (χ4v) is 2.58. The van der Waals surface area contributed by atoms with E-state index in [9.17, 15) is 0 Å². The van der Waals surface area contributed by atoms with Gasteiger partial charge in [-0.2, -0.15) is 0 Å². The summed E-state index contributed by atoms with van der Waals surface area (Å²) in [7, 11) is 0. The van der Waals surface area contributed by atoms with Crippen LogP contribution in [0.2, 0.25) is 0 Å². The van der Waals surface area contributed by atoms with Gasteiger partial charge in [0.25, 0.3) is 0 Å². The Morgan fingerprint density at radius 1 is 1.33 bits per heavy atom. The third kappa shape index (κ3) is 3.16. The van der Waals surface area contributed by atoms with Gasteiger partial charge in [-0.3, -0.25) is 0 Å². The van der Waals surface area contributed by atoms with Crippen LogP contribution in [0.25, 0.3) is 0 Å². The van der Waals surface area contributed by atoms with Crippen molar-refractivity contribution in [1.29, 1.82) is 0 Å². The summed E-state index contributed by atoms with van der Waals surface area (Å²) in [6.07, 6.45) is 6.48. The first-order valence-corrected chi connectivity index (χ1v) is 6.41. The standard InChI is InChI=1S/C12H25N3/c1-12(5-2-6-12)14-7-10-15-8-3-11(13)4-9-15/h11,14H,2-10,13H2,1H3. The number of nitrogens with zero attached hydrogens (tertiary/aromatic N) is 1. The van der Waals surface area contributed by atoms with Crippen LogP contribution in [-0.2, 0) is 0 Å². The maximum atomic E-state index is 5.88. The molecule has 0 aromatic heterocycles. The summed E-state index contributed by atoms with van der Waals surface area (Å²) in [4.78, 5) is 2.54. The van der Waals surface area contributed by atoms with Gasteiger partial charge in [-0.05, 0) is 52.1 Å². The lowest BCUT2D eigenvalue weighted by Crippen LogP contribution is -2.51. The molecule has 1 aliphatic heterocycles. The van der Waals surface area contributed by atoms with Crippen LogP contribution in [0.5, 0.6) is 0 Å². The smallest absolute Gasteiger partial charge is 0.0153 e. The first-order chi connectivity index (χ1) is 7.18. The molecular formula is C12H25N3. The van der Waals surface area contributed by atoms with Crippen molar-refractivity contribution in [3.8, 4) is 0 Å². The second-order valence-corrected chi connectivity index (χ2v) is 5.52. The van der Waals surface area contributed by atoms with E-state index in [1.54, 1.807) is 0 Å². The molecule has 0 bridgehead atoms. The molecule has 0 atom stereocenters. The van der Waals surface area contributed by atoms with Crippen molar-refractivity contribution in [3.63, 3.8) is 0 Å². The number of rotatable bonds is 4.